The van der Waals surface area contributed by atoms with Crippen LogP contribution >= 0.6 is 22.6 Å². The van der Waals surface area contributed by atoms with Gasteiger partial charge in [0.2, 0.25) is 0 Å². The topological polar surface area (TPSA) is 43.4 Å². The molecular weight excluding hydrogens is 339 g/mol. The fourth-order valence-corrected chi connectivity index (χ4v) is 2.21. The normalized spacial score (nSPS) is 15.7. The Hall–Kier alpha value is -0.140. The SMILES string of the molecule is CC(I)C(C)COS(=O)(=O)c1ccccc1. The number of alkyl halides is 1. The van der Waals surface area contributed by atoms with Crippen molar-refractivity contribution in [3.8, 4) is 0 Å². The molecule has 0 radical (unpaired) electrons. The minimum Gasteiger partial charge on any atom is -0.266 e. The first kappa shape index (κ1) is 13.9. The highest BCUT2D eigenvalue weighted by Crippen LogP contribution is 2.17. The number of rotatable bonds is 5. The zero-order valence-corrected chi connectivity index (χ0v) is 12.2. The second kappa shape index (κ2) is 5.97. The molecule has 1 aromatic carbocycles. The van der Waals surface area contributed by atoms with Crippen molar-refractivity contribution in [2.24, 2.45) is 5.92 Å². The van der Waals surface area contributed by atoms with E-state index in [1.807, 2.05) is 13.8 Å². The Bertz CT molecular complexity index is 414. The molecular formula is C11H15IO3S. The zero-order valence-electron chi connectivity index (χ0n) is 9.26. The highest BCUT2D eigenvalue weighted by molar-refractivity contribution is 14.1. The molecule has 0 aliphatic carbocycles. The Labute approximate surface area is 110 Å². The van der Waals surface area contributed by atoms with E-state index in [2.05, 4.69) is 22.6 Å². The van der Waals surface area contributed by atoms with Gasteiger partial charge in [-0.3, -0.25) is 4.18 Å². The molecule has 2 atom stereocenters. The highest BCUT2D eigenvalue weighted by atomic mass is 127. The summed E-state index contributed by atoms with van der Waals surface area (Å²) in [7, 11) is -3.59. The third kappa shape index (κ3) is 4.03. The lowest BCUT2D eigenvalue weighted by molar-refractivity contribution is 0.267. The van der Waals surface area contributed by atoms with Crippen LogP contribution in [0.4, 0.5) is 0 Å². The van der Waals surface area contributed by atoms with Crippen molar-refractivity contribution in [1.29, 1.82) is 0 Å². The van der Waals surface area contributed by atoms with Crippen LogP contribution in [-0.4, -0.2) is 18.9 Å². The maximum atomic E-state index is 11.7. The fraction of sp³-hybridized carbons (Fsp3) is 0.455. The number of hydrogen-bond acceptors (Lipinski definition) is 3. The summed E-state index contributed by atoms with van der Waals surface area (Å²) in [4.78, 5) is 0.211. The largest absolute Gasteiger partial charge is 0.296 e. The highest BCUT2D eigenvalue weighted by Gasteiger charge is 2.17. The minimum absolute atomic E-state index is 0.207. The Balaban J connectivity index is 2.67. The zero-order chi connectivity index (χ0) is 12.2. The van der Waals surface area contributed by atoms with E-state index < -0.39 is 10.1 Å². The summed E-state index contributed by atoms with van der Waals surface area (Å²) in [5.74, 6) is 0.207. The lowest BCUT2D eigenvalue weighted by atomic mass is 10.1. The van der Waals surface area contributed by atoms with Gasteiger partial charge < -0.3 is 0 Å². The van der Waals surface area contributed by atoms with E-state index in [1.54, 1.807) is 18.2 Å². The van der Waals surface area contributed by atoms with Gasteiger partial charge >= 0.3 is 0 Å². The van der Waals surface area contributed by atoms with Crippen molar-refractivity contribution < 1.29 is 12.6 Å². The third-order valence-corrected chi connectivity index (χ3v) is 4.83. The van der Waals surface area contributed by atoms with Gasteiger partial charge in [0, 0.05) is 3.92 Å². The summed E-state index contributed by atoms with van der Waals surface area (Å²) in [6, 6.07) is 8.21. The Morgan fingerprint density at radius 2 is 1.81 bits per heavy atom. The first-order valence-electron chi connectivity index (χ1n) is 5.02. The molecule has 0 amide bonds. The standard InChI is InChI=1S/C11H15IO3S/c1-9(10(2)12)8-15-16(13,14)11-6-4-3-5-7-11/h3-7,9-10H,8H2,1-2H3. The van der Waals surface area contributed by atoms with E-state index >= 15 is 0 Å². The van der Waals surface area contributed by atoms with Crippen molar-refractivity contribution in [1.82, 2.24) is 0 Å². The van der Waals surface area contributed by atoms with Crippen LogP contribution in [0.25, 0.3) is 0 Å². The number of halogens is 1. The van der Waals surface area contributed by atoms with Crippen molar-refractivity contribution in [3.63, 3.8) is 0 Å². The quantitative estimate of drug-likeness (QED) is 0.464. The van der Waals surface area contributed by atoms with Gasteiger partial charge in [0.05, 0.1) is 11.5 Å². The van der Waals surface area contributed by atoms with Crippen molar-refractivity contribution in [2.45, 2.75) is 22.7 Å². The Morgan fingerprint density at radius 3 is 2.31 bits per heavy atom. The Kier molecular flexibility index (Phi) is 5.20. The van der Waals surface area contributed by atoms with Crippen molar-refractivity contribution in [2.75, 3.05) is 6.61 Å². The van der Waals surface area contributed by atoms with Gasteiger partial charge in [-0.15, -0.1) is 0 Å². The summed E-state index contributed by atoms with van der Waals surface area (Å²) in [5, 5.41) is 0. The van der Waals surface area contributed by atoms with Gasteiger partial charge in [-0.2, -0.15) is 8.42 Å². The monoisotopic (exact) mass is 354 g/mol. The molecule has 0 aliphatic heterocycles. The second-order valence-corrected chi connectivity index (χ2v) is 7.29. The summed E-state index contributed by atoms with van der Waals surface area (Å²) in [6.07, 6.45) is 0. The van der Waals surface area contributed by atoms with Crippen LogP contribution in [0.15, 0.2) is 35.2 Å². The molecule has 0 aromatic heterocycles. The van der Waals surface area contributed by atoms with Gasteiger partial charge in [-0.25, -0.2) is 0 Å². The van der Waals surface area contributed by atoms with E-state index in [-0.39, 0.29) is 17.4 Å². The molecule has 0 spiro atoms. The summed E-state index contributed by atoms with van der Waals surface area (Å²) >= 11 is 2.26. The first-order chi connectivity index (χ1) is 7.43. The van der Waals surface area contributed by atoms with Gasteiger partial charge in [-0.1, -0.05) is 54.6 Å². The maximum absolute atomic E-state index is 11.7. The smallest absolute Gasteiger partial charge is 0.266 e. The summed E-state index contributed by atoms with van der Waals surface area (Å²) < 4.78 is 28.9. The third-order valence-electron chi connectivity index (χ3n) is 2.30. The average Bonchev–Trinajstić information content (AvgIpc) is 2.27. The van der Waals surface area contributed by atoms with Crippen LogP contribution in [0.2, 0.25) is 0 Å². The molecule has 5 heteroatoms. The molecule has 0 saturated heterocycles. The van der Waals surface area contributed by atoms with Gasteiger partial charge in [0.15, 0.2) is 0 Å². The van der Waals surface area contributed by atoms with Gasteiger partial charge in [0.1, 0.15) is 0 Å². The lowest BCUT2D eigenvalue weighted by Gasteiger charge is -2.14. The molecule has 90 valence electrons. The summed E-state index contributed by atoms with van der Waals surface area (Å²) in [6.45, 7) is 4.22. The van der Waals surface area contributed by atoms with Crippen LogP contribution in [0.3, 0.4) is 0 Å². The van der Waals surface area contributed by atoms with Crippen molar-refractivity contribution in [3.05, 3.63) is 30.3 Å². The molecule has 1 aromatic rings. The second-order valence-electron chi connectivity index (χ2n) is 3.71. The van der Waals surface area contributed by atoms with Gasteiger partial charge in [-0.05, 0) is 18.1 Å². The predicted molar refractivity (Wildman–Crippen MR) is 72.2 cm³/mol. The van der Waals surface area contributed by atoms with Crippen LogP contribution in [0.5, 0.6) is 0 Å². The van der Waals surface area contributed by atoms with E-state index in [0.29, 0.717) is 3.92 Å². The van der Waals surface area contributed by atoms with Crippen LogP contribution in [0.1, 0.15) is 13.8 Å². The molecule has 16 heavy (non-hydrogen) atoms. The van der Waals surface area contributed by atoms with E-state index in [4.69, 9.17) is 4.18 Å². The molecule has 0 fully saturated rings. The molecule has 0 aliphatic rings. The van der Waals surface area contributed by atoms with Gasteiger partial charge in [0.25, 0.3) is 10.1 Å². The predicted octanol–water partition coefficient (Wildman–Crippen LogP) is 2.85. The molecule has 2 unspecified atom stereocenters. The van der Waals surface area contributed by atoms with Crippen LogP contribution < -0.4 is 0 Å². The molecule has 1 rings (SSSR count). The summed E-state index contributed by atoms with van der Waals surface area (Å²) in [5.41, 5.74) is 0. The van der Waals surface area contributed by atoms with Crippen molar-refractivity contribution >= 4 is 32.7 Å². The van der Waals surface area contributed by atoms with E-state index in [0.717, 1.165) is 0 Å². The fourth-order valence-electron chi connectivity index (χ4n) is 0.985. The molecule has 0 saturated carbocycles. The molecule has 0 bridgehead atoms. The lowest BCUT2D eigenvalue weighted by Crippen LogP contribution is -2.17. The maximum Gasteiger partial charge on any atom is 0.296 e. The number of hydrogen-bond donors (Lipinski definition) is 0. The molecule has 3 nitrogen and oxygen atoms in total. The molecule has 0 heterocycles. The Morgan fingerprint density at radius 1 is 1.25 bits per heavy atom. The number of benzene rings is 1. The minimum atomic E-state index is -3.59. The van der Waals surface area contributed by atoms with Crippen LogP contribution in [-0.2, 0) is 14.3 Å². The van der Waals surface area contributed by atoms with E-state index in [9.17, 15) is 8.42 Å². The molecule has 0 N–H and O–H groups in total. The first-order valence-corrected chi connectivity index (χ1v) is 7.67. The average molecular weight is 354 g/mol. The van der Waals surface area contributed by atoms with Crippen LogP contribution in [0, 0.1) is 5.92 Å². The van der Waals surface area contributed by atoms with E-state index in [1.165, 1.54) is 12.1 Å².